The summed E-state index contributed by atoms with van der Waals surface area (Å²) < 4.78 is 1.30. The predicted molar refractivity (Wildman–Crippen MR) is 84.2 cm³/mol. The second kappa shape index (κ2) is 7.37. The minimum atomic E-state index is 0.308. The van der Waals surface area contributed by atoms with Crippen LogP contribution in [0.1, 0.15) is 45.1 Å². The van der Waals surface area contributed by atoms with E-state index in [2.05, 4.69) is 60.7 Å². The summed E-state index contributed by atoms with van der Waals surface area (Å²) in [5.74, 6) is 0. The van der Waals surface area contributed by atoms with Gasteiger partial charge in [0.2, 0.25) is 0 Å². The maximum atomic E-state index is 6.04. The third-order valence-corrected chi connectivity index (χ3v) is 4.46. The van der Waals surface area contributed by atoms with Gasteiger partial charge in [-0.15, -0.1) is 0 Å². The first-order valence-electron chi connectivity index (χ1n) is 6.60. The Labute approximate surface area is 119 Å². The molecule has 0 amide bonds. The molecule has 1 aromatic carbocycles. The highest BCUT2D eigenvalue weighted by atomic mass is 127. The van der Waals surface area contributed by atoms with E-state index in [-0.39, 0.29) is 0 Å². The lowest BCUT2D eigenvalue weighted by Gasteiger charge is -2.31. The van der Waals surface area contributed by atoms with Crippen LogP contribution in [0.2, 0.25) is 0 Å². The van der Waals surface area contributed by atoms with Crippen molar-refractivity contribution in [2.75, 3.05) is 6.54 Å². The van der Waals surface area contributed by atoms with Crippen molar-refractivity contribution in [1.29, 1.82) is 0 Å². The molecule has 17 heavy (non-hydrogen) atoms. The summed E-state index contributed by atoms with van der Waals surface area (Å²) in [6, 6.07) is 8.86. The van der Waals surface area contributed by atoms with Crippen LogP contribution in [0.3, 0.4) is 0 Å². The van der Waals surface area contributed by atoms with Gasteiger partial charge < -0.3 is 5.73 Å². The van der Waals surface area contributed by atoms with E-state index >= 15 is 0 Å². The van der Waals surface area contributed by atoms with Gasteiger partial charge in [0, 0.05) is 3.57 Å². The van der Waals surface area contributed by atoms with Gasteiger partial charge in [0.25, 0.3) is 0 Å². The van der Waals surface area contributed by atoms with Crippen molar-refractivity contribution in [3.05, 3.63) is 33.4 Å². The fraction of sp³-hybridized carbons (Fsp3) is 0.600. The van der Waals surface area contributed by atoms with Crippen molar-refractivity contribution in [2.45, 2.75) is 46.0 Å². The molecule has 0 spiro atoms. The summed E-state index contributed by atoms with van der Waals surface area (Å²) in [5, 5.41) is 0. The quantitative estimate of drug-likeness (QED) is 0.730. The second-order valence-electron chi connectivity index (χ2n) is 4.96. The molecule has 0 saturated carbocycles. The van der Waals surface area contributed by atoms with E-state index in [1.807, 2.05) is 0 Å². The fourth-order valence-corrected chi connectivity index (χ4v) is 2.66. The van der Waals surface area contributed by atoms with Crippen LogP contribution in [0.25, 0.3) is 0 Å². The molecule has 1 rings (SSSR count). The molecular weight excluding hydrogens is 321 g/mol. The third-order valence-electron chi connectivity index (χ3n) is 3.74. The molecule has 0 aromatic heterocycles. The van der Waals surface area contributed by atoms with E-state index in [4.69, 9.17) is 5.73 Å². The monoisotopic (exact) mass is 345 g/mol. The number of hydrogen-bond donors (Lipinski definition) is 1. The molecule has 0 radical (unpaired) electrons. The van der Waals surface area contributed by atoms with E-state index in [1.165, 1.54) is 34.8 Å². The Morgan fingerprint density at radius 1 is 1.18 bits per heavy atom. The van der Waals surface area contributed by atoms with Crippen molar-refractivity contribution < 1.29 is 0 Å². The summed E-state index contributed by atoms with van der Waals surface area (Å²) in [6.07, 6.45) is 6.10. The molecule has 96 valence electrons. The summed E-state index contributed by atoms with van der Waals surface area (Å²) >= 11 is 2.35. The van der Waals surface area contributed by atoms with E-state index in [1.54, 1.807) is 0 Å². The van der Waals surface area contributed by atoms with Crippen LogP contribution in [-0.2, 0) is 6.42 Å². The first-order valence-corrected chi connectivity index (χ1v) is 7.68. The summed E-state index contributed by atoms with van der Waals surface area (Å²) in [5.41, 5.74) is 7.77. The number of hydrogen-bond acceptors (Lipinski definition) is 1. The van der Waals surface area contributed by atoms with Gasteiger partial charge in [0.15, 0.2) is 0 Å². The van der Waals surface area contributed by atoms with Crippen molar-refractivity contribution in [3.8, 4) is 0 Å². The van der Waals surface area contributed by atoms with E-state index in [0.717, 1.165) is 13.0 Å². The van der Waals surface area contributed by atoms with Gasteiger partial charge in [-0.3, -0.25) is 0 Å². The highest BCUT2D eigenvalue weighted by molar-refractivity contribution is 14.1. The summed E-state index contributed by atoms with van der Waals surface area (Å²) in [7, 11) is 0. The van der Waals surface area contributed by atoms with Gasteiger partial charge in [0.1, 0.15) is 0 Å². The third kappa shape index (κ3) is 4.59. The first kappa shape index (κ1) is 15.0. The maximum Gasteiger partial charge on any atom is 0.0130 e. The smallest absolute Gasteiger partial charge is 0.0130 e. The summed E-state index contributed by atoms with van der Waals surface area (Å²) in [4.78, 5) is 0. The molecule has 0 saturated heterocycles. The van der Waals surface area contributed by atoms with Gasteiger partial charge in [-0.05, 0) is 71.5 Å². The van der Waals surface area contributed by atoms with Crippen LogP contribution < -0.4 is 5.73 Å². The largest absolute Gasteiger partial charge is 0.330 e. The van der Waals surface area contributed by atoms with Gasteiger partial charge in [-0.2, -0.15) is 0 Å². The maximum absolute atomic E-state index is 6.04. The highest BCUT2D eigenvalue weighted by Crippen LogP contribution is 2.32. The van der Waals surface area contributed by atoms with Crippen LogP contribution in [0.5, 0.6) is 0 Å². The minimum absolute atomic E-state index is 0.308. The van der Waals surface area contributed by atoms with Gasteiger partial charge in [-0.1, -0.05) is 38.8 Å². The number of benzene rings is 1. The lowest BCUT2D eigenvalue weighted by atomic mass is 9.75. The molecule has 0 aliphatic rings. The Bertz CT molecular complexity index is 314. The first-order chi connectivity index (χ1) is 8.15. The lowest BCUT2D eigenvalue weighted by Crippen LogP contribution is -2.32. The molecule has 1 unspecified atom stereocenters. The average Bonchev–Trinajstić information content (AvgIpc) is 2.37. The van der Waals surface area contributed by atoms with E-state index in [0.29, 0.717) is 5.41 Å². The zero-order chi connectivity index (χ0) is 12.7. The predicted octanol–water partition coefficient (Wildman–Crippen LogP) is 4.38. The van der Waals surface area contributed by atoms with Crippen LogP contribution in [0.15, 0.2) is 24.3 Å². The van der Waals surface area contributed by atoms with Crippen molar-refractivity contribution in [1.82, 2.24) is 0 Å². The topological polar surface area (TPSA) is 26.0 Å². The molecule has 0 aliphatic carbocycles. The highest BCUT2D eigenvalue weighted by Gasteiger charge is 2.26. The number of halogens is 1. The minimum Gasteiger partial charge on any atom is -0.330 e. The number of unbranched alkanes of at least 4 members (excludes halogenated alkanes) is 1. The summed E-state index contributed by atoms with van der Waals surface area (Å²) in [6.45, 7) is 5.33. The Morgan fingerprint density at radius 3 is 2.29 bits per heavy atom. The van der Waals surface area contributed by atoms with Crippen LogP contribution in [0, 0.1) is 8.99 Å². The van der Waals surface area contributed by atoms with Crippen molar-refractivity contribution >= 4 is 22.6 Å². The Kier molecular flexibility index (Phi) is 6.49. The zero-order valence-electron chi connectivity index (χ0n) is 11.0. The molecule has 1 atom stereocenters. The molecule has 1 aromatic rings. The van der Waals surface area contributed by atoms with E-state index in [9.17, 15) is 0 Å². The van der Waals surface area contributed by atoms with Crippen molar-refractivity contribution in [2.24, 2.45) is 11.1 Å². The second-order valence-corrected chi connectivity index (χ2v) is 6.21. The van der Waals surface area contributed by atoms with E-state index < -0.39 is 0 Å². The van der Waals surface area contributed by atoms with Crippen LogP contribution in [-0.4, -0.2) is 6.54 Å². The molecule has 0 bridgehead atoms. The molecular formula is C15H24IN. The Morgan fingerprint density at radius 2 is 1.82 bits per heavy atom. The SMILES string of the molecule is CCCCC(CC)(CN)Cc1ccc(I)cc1. The molecule has 0 heterocycles. The van der Waals surface area contributed by atoms with Gasteiger partial charge in [0.05, 0.1) is 0 Å². The molecule has 2 N–H and O–H groups in total. The van der Waals surface area contributed by atoms with Crippen molar-refractivity contribution in [3.63, 3.8) is 0 Å². The molecule has 2 heteroatoms. The number of rotatable bonds is 7. The Hall–Kier alpha value is -0.0900. The molecule has 1 nitrogen and oxygen atoms in total. The Balaban J connectivity index is 2.74. The fourth-order valence-electron chi connectivity index (χ4n) is 2.30. The van der Waals surface area contributed by atoms with Crippen LogP contribution >= 0.6 is 22.6 Å². The molecule has 0 fully saturated rings. The van der Waals surface area contributed by atoms with Gasteiger partial charge in [-0.25, -0.2) is 0 Å². The number of nitrogens with two attached hydrogens (primary N) is 1. The average molecular weight is 345 g/mol. The molecule has 0 aliphatic heterocycles. The zero-order valence-corrected chi connectivity index (χ0v) is 13.2. The lowest BCUT2D eigenvalue weighted by molar-refractivity contribution is 0.251. The van der Waals surface area contributed by atoms with Gasteiger partial charge >= 0.3 is 0 Å². The van der Waals surface area contributed by atoms with Crippen LogP contribution in [0.4, 0.5) is 0 Å². The normalized spacial score (nSPS) is 14.6. The standard InChI is InChI=1S/C15H24IN/c1-3-5-10-15(4-2,12-17)11-13-6-8-14(16)9-7-13/h6-9H,3-5,10-12,17H2,1-2H3.